The van der Waals surface area contributed by atoms with Gasteiger partial charge in [-0.2, -0.15) is 0 Å². The number of hydrogen-bond donors (Lipinski definition) is 2. The van der Waals surface area contributed by atoms with E-state index in [0.717, 1.165) is 0 Å². The van der Waals surface area contributed by atoms with Crippen LogP contribution < -0.4 is 63.9 Å². The van der Waals surface area contributed by atoms with E-state index in [9.17, 15) is 0 Å². The molecule has 0 rings (SSSR count). The molecule has 0 aliphatic rings. The van der Waals surface area contributed by atoms with Crippen molar-refractivity contribution >= 4 is 6.34 Å². The van der Waals surface area contributed by atoms with Gasteiger partial charge < -0.3 is 17.5 Å². The predicted molar refractivity (Wildman–Crippen MR) is 11.9 cm³/mol. The van der Waals surface area contributed by atoms with Gasteiger partial charge in [-0.05, 0) is 0 Å². The molecule has 0 atom stereocenters. The van der Waals surface area contributed by atoms with Gasteiger partial charge in [0.1, 0.15) is 0 Å². The van der Waals surface area contributed by atoms with E-state index < -0.39 is 0 Å². The topological polar surface area (TPSA) is 49.9 Å². The fraction of sp³-hybridized carbons (Fsp3) is 0. The molecule has 0 saturated heterocycles. The Bertz CT molecular complexity index is 13.5. The van der Waals surface area contributed by atoms with E-state index in [4.69, 9.17) is 5.41 Å². The van der Waals surface area contributed by atoms with Gasteiger partial charge in [0.05, 0.1) is 0 Å². The zero-order valence-corrected chi connectivity index (χ0v) is 7.49. The van der Waals surface area contributed by atoms with Crippen LogP contribution in [0.5, 0.6) is 0 Å². The molecule has 3 N–H and O–H groups in total. The van der Waals surface area contributed by atoms with E-state index >= 15 is 0 Å². The zero-order valence-electron chi connectivity index (χ0n) is 2.58. The number of nitrogens with one attached hydrogen (secondary N) is 1. The molecule has 0 aromatic carbocycles. The second kappa shape index (κ2) is 8.86. The summed E-state index contributed by atoms with van der Waals surface area (Å²) in [6, 6.07) is 0. The molecule has 0 radical (unpaired) electrons. The first-order valence-electron chi connectivity index (χ1n) is 0.539. The first kappa shape index (κ1) is 8.99. The van der Waals surface area contributed by atoms with E-state index in [2.05, 4.69) is 5.73 Å². The molecule has 18 valence electrons. The van der Waals surface area contributed by atoms with E-state index in [-0.39, 0.29) is 58.2 Å². The average molecular weight is 129 g/mol. The fourth-order valence-electron chi connectivity index (χ4n) is 0. The maximum Gasteiger partial charge on any atom is 1.00 e. The Hall–Kier alpha value is 1.28. The molecule has 0 aromatic heterocycles. The summed E-state index contributed by atoms with van der Waals surface area (Å²) in [6.07, 6.45) is 1.50. The fourth-order valence-corrected chi connectivity index (χ4v) is 0. The van der Waals surface area contributed by atoms with Crippen molar-refractivity contribution < 1.29 is 58.2 Å². The zero-order chi connectivity index (χ0) is 2.71. The van der Waals surface area contributed by atoms with Crippen LogP contribution in [0.25, 0.3) is 0 Å². The SMILES string of the molecule is N=[C-]N.[Rb+]. The van der Waals surface area contributed by atoms with Gasteiger partial charge in [0, 0.05) is 0 Å². The normalized spacial score (nSPS) is 3.00. The molecule has 2 nitrogen and oxygen atoms in total. The van der Waals surface area contributed by atoms with Crippen LogP contribution in [-0.2, 0) is 0 Å². The molecule has 0 amide bonds. The van der Waals surface area contributed by atoms with Crippen LogP contribution in [0.15, 0.2) is 0 Å². The quantitative estimate of drug-likeness (QED) is 0.151. The summed E-state index contributed by atoms with van der Waals surface area (Å²) in [7, 11) is 0. The third-order valence-corrected chi connectivity index (χ3v) is 0. The minimum absolute atomic E-state index is 0. The van der Waals surface area contributed by atoms with E-state index in [1.165, 1.54) is 6.34 Å². The molecule has 3 heteroatoms. The summed E-state index contributed by atoms with van der Waals surface area (Å²) in [5.41, 5.74) is 4.26. The maximum atomic E-state index is 5.74. The number of nitrogens with two attached hydrogens (primary N) is 1. The van der Waals surface area contributed by atoms with Crippen LogP contribution >= 0.6 is 0 Å². The Morgan fingerprint density at radius 1 is 1.75 bits per heavy atom. The smallest absolute Gasteiger partial charge is 0.563 e. The minimum Gasteiger partial charge on any atom is -0.563 e. The molecule has 0 aliphatic heterocycles. The third kappa shape index (κ3) is 10.4. The van der Waals surface area contributed by atoms with Crippen molar-refractivity contribution in [2.24, 2.45) is 5.73 Å². The Morgan fingerprint density at radius 3 is 1.75 bits per heavy atom. The van der Waals surface area contributed by atoms with Crippen LogP contribution in [0.3, 0.4) is 0 Å². The molecular formula is CH3N2Rb. The molecule has 0 fully saturated rings. The second-order valence-electron chi connectivity index (χ2n) is 0.144. The third-order valence-electron chi connectivity index (χ3n) is 0. The summed E-state index contributed by atoms with van der Waals surface area (Å²) in [4.78, 5) is 0. The van der Waals surface area contributed by atoms with Crippen molar-refractivity contribution in [2.75, 3.05) is 0 Å². The standard InChI is InChI=1S/CH3N2.Rb/c2-1-3;/h(H3,2,3);/q-1;+1. The van der Waals surface area contributed by atoms with Crippen molar-refractivity contribution in [2.45, 2.75) is 0 Å². The van der Waals surface area contributed by atoms with Gasteiger partial charge in [-0.1, -0.05) is 0 Å². The second-order valence-corrected chi connectivity index (χ2v) is 0.144. The monoisotopic (exact) mass is 128 g/mol. The molecule has 0 aliphatic carbocycles. The van der Waals surface area contributed by atoms with E-state index in [1.54, 1.807) is 0 Å². The Morgan fingerprint density at radius 2 is 1.75 bits per heavy atom. The summed E-state index contributed by atoms with van der Waals surface area (Å²) in [6.45, 7) is 0. The molecule has 0 aromatic rings. The van der Waals surface area contributed by atoms with Crippen LogP contribution in [0.4, 0.5) is 0 Å². The Balaban J connectivity index is 0. The molecular weight excluding hydrogens is 125 g/mol. The van der Waals surface area contributed by atoms with Crippen LogP contribution in [0, 0.1) is 5.41 Å². The van der Waals surface area contributed by atoms with Gasteiger partial charge in [-0.3, -0.25) is 0 Å². The molecule has 4 heavy (non-hydrogen) atoms. The Kier molecular flexibility index (Phi) is 19.9. The first-order valence-corrected chi connectivity index (χ1v) is 0.539. The van der Waals surface area contributed by atoms with Gasteiger partial charge in [0.15, 0.2) is 0 Å². The van der Waals surface area contributed by atoms with E-state index in [0.29, 0.717) is 0 Å². The summed E-state index contributed by atoms with van der Waals surface area (Å²) >= 11 is 0. The largest absolute Gasteiger partial charge is 1.00 e. The van der Waals surface area contributed by atoms with Crippen molar-refractivity contribution in [3.8, 4) is 0 Å². The maximum absolute atomic E-state index is 5.74. The minimum atomic E-state index is 0. The summed E-state index contributed by atoms with van der Waals surface area (Å²) < 4.78 is 0. The van der Waals surface area contributed by atoms with Crippen molar-refractivity contribution in [3.05, 3.63) is 0 Å². The summed E-state index contributed by atoms with van der Waals surface area (Å²) in [5, 5.41) is 5.74. The molecule has 0 heterocycles. The molecule has 0 spiro atoms. The average Bonchev–Trinajstić information content (AvgIpc) is 0.918. The van der Waals surface area contributed by atoms with Gasteiger partial charge in [-0.25, -0.2) is 0 Å². The van der Waals surface area contributed by atoms with Crippen LogP contribution in [0.2, 0.25) is 0 Å². The molecule has 0 unspecified atom stereocenters. The van der Waals surface area contributed by atoms with Gasteiger partial charge >= 0.3 is 58.2 Å². The van der Waals surface area contributed by atoms with E-state index in [1.807, 2.05) is 0 Å². The van der Waals surface area contributed by atoms with Gasteiger partial charge in [0.25, 0.3) is 0 Å². The van der Waals surface area contributed by atoms with Crippen LogP contribution in [0.1, 0.15) is 0 Å². The number of hydrogen-bond acceptors (Lipinski definition) is 1. The first-order chi connectivity index (χ1) is 1.41. The molecule has 0 saturated carbocycles. The van der Waals surface area contributed by atoms with Crippen LogP contribution in [-0.4, -0.2) is 6.34 Å². The van der Waals surface area contributed by atoms with Gasteiger partial charge in [-0.15, -0.1) is 0 Å². The number of rotatable bonds is 0. The summed E-state index contributed by atoms with van der Waals surface area (Å²) in [5.74, 6) is 0. The van der Waals surface area contributed by atoms with Crippen molar-refractivity contribution in [3.63, 3.8) is 0 Å². The molecule has 0 bridgehead atoms. The van der Waals surface area contributed by atoms with Gasteiger partial charge in [0.2, 0.25) is 0 Å². The van der Waals surface area contributed by atoms with Crippen molar-refractivity contribution in [1.29, 1.82) is 5.41 Å². The Labute approximate surface area is 74.1 Å². The predicted octanol–water partition coefficient (Wildman–Crippen LogP) is -3.57. The van der Waals surface area contributed by atoms with Crippen molar-refractivity contribution in [1.82, 2.24) is 0 Å².